The van der Waals surface area contributed by atoms with E-state index < -0.39 is 0 Å². The number of aromatic hydroxyl groups is 2. The van der Waals surface area contributed by atoms with Crippen LogP contribution in [-0.4, -0.2) is 20.4 Å². The highest BCUT2D eigenvalue weighted by Gasteiger charge is 2.16. The van der Waals surface area contributed by atoms with Gasteiger partial charge in [-0.3, -0.25) is 0 Å². The molecule has 0 amide bonds. The highest BCUT2D eigenvalue weighted by molar-refractivity contribution is 7.98. The van der Waals surface area contributed by atoms with Gasteiger partial charge in [-0.25, -0.2) is 4.39 Å². The molecule has 0 saturated carbocycles. The van der Waals surface area contributed by atoms with Gasteiger partial charge >= 0.3 is 0 Å². The molecule has 0 radical (unpaired) electrons. The van der Waals surface area contributed by atoms with Crippen molar-refractivity contribution in [3.63, 3.8) is 0 Å². The lowest BCUT2D eigenvalue weighted by Gasteiger charge is -2.14. The minimum Gasteiger partial charge on any atom is -0.508 e. The summed E-state index contributed by atoms with van der Waals surface area (Å²) in [5.41, 5.74) is 4.36. The number of rotatable bonds is 9. The average Bonchev–Trinajstić information content (AvgIpc) is 3.30. The molecular weight excluding hydrogens is 451 g/mol. The van der Waals surface area contributed by atoms with Crippen molar-refractivity contribution in [3.8, 4) is 34.1 Å². The normalized spacial score (nSPS) is 10.9. The van der Waals surface area contributed by atoms with E-state index >= 15 is 0 Å². The van der Waals surface area contributed by atoms with Crippen molar-refractivity contribution in [3.05, 3.63) is 102 Å². The third-order valence-corrected chi connectivity index (χ3v) is 6.08. The third kappa shape index (κ3) is 5.21. The van der Waals surface area contributed by atoms with Crippen molar-refractivity contribution >= 4 is 11.8 Å². The van der Waals surface area contributed by atoms with Crippen LogP contribution in [0.25, 0.3) is 22.6 Å². The maximum Gasteiger partial charge on any atom is 0.277 e. The molecule has 0 spiro atoms. The largest absolute Gasteiger partial charge is 0.508 e. The van der Waals surface area contributed by atoms with Crippen LogP contribution < -0.4 is 0 Å². The van der Waals surface area contributed by atoms with Crippen LogP contribution in [0.2, 0.25) is 0 Å². The molecule has 2 N–H and O–H groups in total. The van der Waals surface area contributed by atoms with E-state index in [9.17, 15) is 14.6 Å². The third-order valence-electron chi connectivity index (χ3n) is 5.21. The molecule has 4 aromatic rings. The van der Waals surface area contributed by atoms with Crippen LogP contribution in [0.1, 0.15) is 16.7 Å². The summed E-state index contributed by atoms with van der Waals surface area (Å²) in [6.45, 7) is 7.56. The number of hydrogen-bond donors (Lipinski definition) is 2. The maximum atomic E-state index is 13.5. The molecule has 4 rings (SSSR count). The fourth-order valence-electron chi connectivity index (χ4n) is 3.59. The van der Waals surface area contributed by atoms with Gasteiger partial charge in [0.15, 0.2) is 0 Å². The molecule has 34 heavy (non-hydrogen) atoms. The Labute approximate surface area is 201 Å². The monoisotopic (exact) mass is 474 g/mol. The van der Waals surface area contributed by atoms with E-state index in [1.807, 2.05) is 18.2 Å². The van der Waals surface area contributed by atoms with Crippen molar-refractivity contribution in [2.24, 2.45) is 0 Å². The van der Waals surface area contributed by atoms with Crippen LogP contribution in [0.5, 0.6) is 11.5 Å². The zero-order valence-electron chi connectivity index (χ0n) is 18.4. The summed E-state index contributed by atoms with van der Waals surface area (Å²) in [4.78, 5) is 0. The molecular formula is C27H23FN2O3S. The van der Waals surface area contributed by atoms with Gasteiger partial charge in [0.25, 0.3) is 5.22 Å². The quantitative estimate of drug-likeness (QED) is 0.207. The summed E-state index contributed by atoms with van der Waals surface area (Å²) in [5, 5.41) is 29.5. The van der Waals surface area contributed by atoms with E-state index in [2.05, 4.69) is 23.4 Å². The highest BCUT2D eigenvalue weighted by Crippen LogP contribution is 2.38. The molecule has 0 aliphatic rings. The van der Waals surface area contributed by atoms with Crippen molar-refractivity contribution in [2.75, 3.05) is 0 Å². The van der Waals surface area contributed by atoms with E-state index in [4.69, 9.17) is 4.42 Å². The fourth-order valence-corrected chi connectivity index (χ4v) is 4.33. The number of benzene rings is 3. The first kappa shape index (κ1) is 23.3. The van der Waals surface area contributed by atoms with Crippen molar-refractivity contribution in [2.45, 2.75) is 23.8 Å². The van der Waals surface area contributed by atoms with Crippen molar-refractivity contribution < 1.29 is 19.0 Å². The minimum absolute atomic E-state index is 0.139. The van der Waals surface area contributed by atoms with Gasteiger partial charge < -0.3 is 14.6 Å². The summed E-state index contributed by atoms with van der Waals surface area (Å²) >= 11 is 1.28. The summed E-state index contributed by atoms with van der Waals surface area (Å²) in [6, 6.07) is 15.0. The van der Waals surface area contributed by atoms with Crippen LogP contribution in [0.4, 0.5) is 4.39 Å². The van der Waals surface area contributed by atoms with Crippen LogP contribution in [0.15, 0.2) is 89.5 Å². The van der Waals surface area contributed by atoms with Gasteiger partial charge in [0.1, 0.15) is 17.3 Å². The summed E-state index contributed by atoms with van der Waals surface area (Å²) in [5.74, 6) is 0.553. The molecule has 0 aliphatic carbocycles. The number of halogens is 1. The molecule has 0 atom stereocenters. The van der Waals surface area contributed by atoms with Gasteiger partial charge in [-0.1, -0.05) is 42.1 Å². The lowest BCUT2D eigenvalue weighted by Crippen LogP contribution is -1.93. The number of hydrogen-bond acceptors (Lipinski definition) is 6. The molecule has 3 aromatic carbocycles. The predicted molar refractivity (Wildman–Crippen MR) is 132 cm³/mol. The highest BCUT2D eigenvalue weighted by atomic mass is 32.2. The Balaban J connectivity index is 1.62. The average molecular weight is 475 g/mol. The number of phenolic OH excluding ortho intramolecular Hbond substituents is 2. The summed E-state index contributed by atoms with van der Waals surface area (Å²) < 4.78 is 19.2. The second-order valence-electron chi connectivity index (χ2n) is 7.65. The number of aromatic nitrogens is 2. The summed E-state index contributed by atoms with van der Waals surface area (Å²) in [7, 11) is 0. The molecule has 172 valence electrons. The molecule has 1 aromatic heterocycles. The molecule has 0 bridgehead atoms. The minimum atomic E-state index is -0.383. The Kier molecular flexibility index (Phi) is 7.13. The van der Waals surface area contributed by atoms with Crippen LogP contribution >= 0.6 is 11.8 Å². The van der Waals surface area contributed by atoms with Gasteiger partial charge in [0, 0.05) is 22.4 Å². The Hall–Kier alpha value is -3.84. The van der Waals surface area contributed by atoms with E-state index in [-0.39, 0.29) is 23.2 Å². The Morgan fingerprint density at radius 2 is 1.74 bits per heavy atom. The summed E-state index contributed by atoms with van der Waals surface area (Å²) in [6.07, 6.45) is 4.67. The van der Waals surface area contributed by atoms with E-state index in [0.717, 1.165) is 16.7 Å². The van der Waals surface area contributed by atoms with Gasteiger partial charge in [0.05, 0.1) is 0 Å². The zero-order valence-corrected chi connectivity index (χ0v) is 19.2. The number of nitrogens with zero attached hydrogens (tertiary/aromatic N) is 2. The zero-order chi connectivity index (χ0) is 24.1. The van der Waals surface area contributed by atoms with Crippen LogP contribution in [-0.2, 0) is 18.6 Å². The number of thioether (sulfide) groups is 1. The van der Waals surface area contributed by atoms with Crippen molar-refractivity contribution in [1.82, 2.24) is 10.2 Å². The second kappa shape index (κ2) is 10.4. The van der Waals surface area contributed by atoms with Gasteiger partial charge in [0.2, 0.25) is 5.89 Å². The van der Waals surface area contributed by atoms with Gasteiger partial charge in [-0.15, -0.1) is 23.4 Å². The van der Waals surface area contributed by atoms with E-state index in [0.29, 0.717) is 40.5 Å². The number of allylic oxidation sites excluding steroid dienone is 2. The van der Waals surface area contributed by atoms with Crippen molar-refractivity contribution in [1.29, 1.82) is 0 Å². The smallest absolute Gasteiger partial charge is 0.277 e. The topological polar surface area (TPSA) is 79.4 Å². The fraction of sp³-hybridized carbons (Fsp3) is 0.111. The predicted octanol–water partition coefficient (Wildman–Crippen LogP) is 6.70. The van der Waals surface area contributed by atoms with E-state index in [1.165, 1.54) is 23.9 Å². The standard InChI is InChI=1S/C27H23FN2O3S/c1-3-6-17-12-21(16-34-27-30-29-26(33-27)20-8-5-9-22(28)15-20)25(32)23(13-17)18-10-11-24(31)19(14-18)7-4-2/h3-5,8-15,31-32H,1-2,6-7,16H2. The SMILES string of the molecule is C=CCc1cc(CSc2nnc(-c3cccc(F)c3)o2)c(O)c(-c2ccc(O)c(CC=C)c2)c1. The van der Waals surface area contributed by atoms with Crippen LogP contribution in [0, 0.1) is 5.82 Å². The van der Waals surface area contributed by atoms with Crippen LogP contribution in [0.3, 0.4) is 0 Å². The Morgan fingerprint density at radius 1 is 0.912 bits per heavy atom. The molecule has 1 heterocycles. The first-order valence-corrected chi connectivity index (χ1v) is 11.6. The lowest BCUT2D eigenvalue weighted by atomic mass is 9.95. The second-order valence-corrected chi connectivity index (χ2v) is 8.58. The molecule has 0 aliphatic heterocycles. The molecule has 0 unspecified atom stereocenters. The molecule has 0 fully saturated rings. The van der Waals surface area contributed by atoms with Gasteiger partial charge in [-0.2, -0.15) is 0 Å². The molecule has 0 saturated heterocycles. The maximum absolute atomic E-state index is 13.5. The lowest BCUT2D eigenvalue weighted by molar-refractivity contribution is 0.464. The first-order chi connectivity index (χ1) is 16.5. The molecule has 7 heteroatoms. The first-order valence-electron chi connectivity index (χ1n) is 10.6. The Bertz CT molecular complexity index is 1350. The van der Waals surface area contributed by atoms with Gasteiger partial charge in [-0.05, 0) is 65.9 Å². The molecule has 5 nitrogen and oxygen atoms in total. The Morgan fingerprint density at radius 3 is 2.50 bits per heavy atom. The van der Waals surface area contributed by atoms with E-state index in [1.54, 1.807) is 36.4 Å². The number of phenols is 2.